The molecule has 1 fully saturated rings. The van der Waals surface area contributed by atoms with Gasteiger partial charge >= 0.3 is 11.9 Å². The number of nitrogens with one attached hydrogen (secondary N) is 7. The van der Waals surface area contributed by atoms with Crippen molar-refractivity contribution in [2.75, 3.05) is 19.7 Å². The average Bonchev–Trinajstić information content (AvgIpc) is 3.82. The van der Waals surface area contributed by atoms with Crippen molar-refractivity contribution in [3.8, 4) is 5.75 Å². The summed E-state index contributed by atoms with van der Waals surface area (Å²) in [4.78, 5) is 139. The molecular formula is C48H78N12O15. The number of carbonyl (C=O) groups is 10. The molecule has 8 amide bonds. The Kier molecular flexibility index (Phi) is 26.4. The number of likely N-dealkylation sites (tertiary alicyclic amines) is 1. The number of aliphatic imine (C=N–C) groups is 1. The van der Waals surface area contributed by atoms with Gasteiger partial charge in [0.1, 0.15) is 60.1 Å². The molecule has 1 heterocycles. The van der Waals surface area contributed by atoms with Gasteiger partial charge in [-0.1, -0.05) is 53.7 Å². The van der Waals surface area contributed by atoms with E-state index in [1.54, 1.807) is 41.5 Å². The fraction of sp³-hybridized carbons (Fsp3) is 0.646. The van der Waals surface area contributed by atoms with Crippen LogP contribution in [0, 0.1) is 17.8 Å². The lowest BCUT2D eigenvalue weighted by Gasteiger charge is -2.31. The van der Waals surface area contributed by atoms with E-state index in [1.807, 2.05) is 0 Å². The number of hydrogen-bond donors (Lipinski definition) is 15. The molecule has 27 nitrogen and oxygen atoms in total. The maximum atomic E-state index is 14.0. The molecule has 1 saturated heterocycles. The summed E-state index contributed by atoms with van der Waals surface area (Å²) < 4.78 is 0. The van der Waals surface area contributed by atoms with Crippen molar-refractivity contribution in [3.63, 3.8) is 0 Å². The van der Waals surface area contributed by atoms with Crippen LogP contribution in [0.5, 0.6) is 5.75 Å². The van der Waals surface area contributed by atoms with Crippen LogP contribution in [0.15, 0.2) is 29.3 Å². The van der Waals surface area contributed by atoms with Gasteiger partial charge in [-0.15, -0.1) is 0 Å². The Labute approximate surface area is 435 Å². The van der Waals surface area contributed by atoms with Gasteiger partial charge in [0.05, 0.1) is 19.1 Å². The summed E-state index contributed by atoms with van der Waals surface area (Å²) in [5.41, 5.74) is 17.0. The van der Waals surface area contributed by atoms with Crippen molar-refractivity contribution < 1.29 is 73.5 Å². The molecule has 1 aromatic carbocycles. The molecule has 18 N–H and O–H groups in total. The standard InChI is InChI=1S/C48H78N12O15/c1-23(2)18-31(40(67)53-30(10-8-16-52-48(50)51)39(66)57-34(47(74)75)20-27-12-14-28(63)15-13-27)54-42(69)33(21-36(64)65)55-41(68)32(19-24(3)4)56-45(72)38(26(7)62)59-44(71)37(25(5)6)58-43(70)35-11-9-17-60(35)46(73)29(49)22-61/h12-15,23-26,29-35,37-38,61-63H,8-11,16-22,49H2,1-7H3,(H,53,67)(H,54,69)(H,55,68)(H,56,72)(H,57,66)(H,58,70)(H,59,71)(H,64,65)(H,74,75)(H4,50,51,52). The number of aliphatic hydroxyl groups excluding tert-OH is 2. The Bertz CT molecular complexity index is 2170. The second-order valence-corrected chi connectivity index (χ2v) is 19.8. The highest BCUT2D eigenvalue weighted by molar-refractivity contribution is 5.99. The lowest BCUT2D eigenvalue weighted by molar-refractivity contribution is -0.142. The van der Waals surface area contributed by atoms with Gasteiger partial charge in [-0.25, -0.2) is 4.79 Å². The van der Waals surface area contributed by atoms with Crippen LogP contribution in [0.4, 0.5) is 0 Å². The minimum Gasteiger partial charge on any atom is -0.508 e. The Balaban J connectivity index is 2.35. The maximum Gasteiger partial charge on any atom is 0.326 e. The van der Waals surface area contributed by atoms with Crippen LogP contribution >= 0.6 is 0 Å². The number of phenols is 1. The quantitative estimate of drug-likeness (QED) is 0.0194. The summed E-state index contributed by atoms with van der Waals surface area (Å²) in [6, 6.07) is -7.43. The summed E-state index contributed by atoms with van der Waals surface area (Å²) >= 11 is 0. The molecule has 10 atom stereocenters. The number of aliphatic carboxylic acids is 2. The van der Waals surface area contributed by atoms with Gasteiger partial charge in [0.2, 0.25) is 47.3 Å². The number of carboxylic acid groups (broad SMARTS) is 2. The van der Waals surface area contributed by atoms with E-state index in [-0.39, 0.29) is 75.2 Å². The highest BCUT2D eigenvalue weighted by Crippen LogP contribution is 2.20. The first kappa shape index (κ1) is 64.0. The van der Waals surface area contributed by atoms with E-state index in [2.05, 4.69) is 42.2 Å². The van der Waals surface area contributed by atoms with Crippen molar-refractivity contribution in [2.45, 2.75) is 160 Å². The van der Waals surface area contributed by atoms with Crippen molar-refractivity contribution in [1.82, 2.24) is 42.1 Å². The number of hydrogen-bond acceptors (Lipinski definition) is 15. The highest BCUT2D eigenvalue weighted by Gasteiger charge is 2.40. The second kappa shape index (κ2) is 30.9. The number of aliphatic hydroxyl groups is 2. The molecule has 1 aliphatic rings. The normalized spacial score (nSPS) is 16.9. The number of phenolic OH excluding ortho intramolecular Hbond substituents is 1. The van der Waals surface area contributed by atoms with Gasteiger partial charge in [-0.3, -0.25) is 48.1 Å². The van der Waals surface area contributed by atoms with Crippen LogP contribution in [0.3, 0.4) is 0 Å². The summed E-state index contributed by atoms with van der Waals surface area (Å²) in [6.45, 7) is 10.7. The predicted octanol–water partition coefficient (Wildman–Crippen LogP) is -3.62. The molecule has 1 aliphatic heterocycles. The van der Waals surface area contributed by atoms with Gasteiger partial charge in [0.15, 0.2) is 5.96 Å². The SMILES string of the molecule is CC(C)CC(NC(=O)C(CC(=O)O)NC(=O)C(CC(C)C)NC(=O)C(NC(=O)C(NC(=O)C1CCCN1C(=O)C(N)CO)C(C)C)C(C)O)C(=O)NC(CCCN=C(N)N)C(=O)NC(Cc1ccc(O)cc1)C(=O)O. The summed E-state index contributed by atoms with van der Waals surface area (Å²) in [5.74, 6) is -11.9. The number of carbonyl (C=O) groups excluding carboxylic acids is 8. The van der Waals surface area contributed by atoms with Crippen LogP contribution in [0.1, 0.15) is 99.0 Å². The average molecular weight is 1060 g/mol. The molecular weight excluding hydrogens is 985 g/mol. The van der Waals surface area contributed by atoms with Crippen molar-refractivity contribution >= 4 is 65.2 Å². The van der Waals surface area contributed by atoms with E-state index in [1.165, 1.54) is 36.1 Å². The topological polar surface area (TPSA) is 450 Å². The van der Waals surface area contributed by atoms with Gasteiger partial charge < -0.3 is 84.9 Å². The van der Waals surface area contributed by atoms with E-state index in [0.29, 0.717) is 12.0 Å². The van der Waals surface area contributed by atoms with E-state index in [4.69, 9.17) is 17.2 Å². The van der Waals surface area contributed by atoms with E-state index in [9.17, 15) is 73.5 Å². The van der Waals surface area contributed by atoms with Crippen LogP contribution in [0.25, 0.3) is 0 Å². The number of carboxylic acids is 2. The molecule has 0 saturated carbocycles. The van der Waals surface area contributed by atoms with Crippen molar-refractivity contribution in [1.29, 1.82) is 0 Å². The summed E-state index contributed by atoms with van der Waals surface area (Å²) in [7, 11) is 0. The van der Waals surface area contributed by atoms with Crippen molar-refractivity contribution in [3.05, 3.63) is 29.8 Å². The third-order valence-corrected chi connectivity index (χ3v) is 11.9. The zero-order valence-corrected chi connectivity index (χ0v) is 43.5. The lowest BCUT2D eigenvalue weighted by Crippen LogP contribution is -2.62. The van der Waals surface area contributed by atoms with Crippen molar-refractivity contribution in [2.24, 2.45) is 39.9 Å². The molecule has 0 aliphatic carbocycles. The predicted molar refractivity (Wildman–Crippen MR) is 270 cm³/mol. The number of nitrogens with zero attached hydrogens (tertiary/aromatic N) is 2. The first-order valence-electron chi connectivity index (χ1n) is 24.8. The number of guanidine groups is 1. The molecule has 0 spiro atoms. The summed E-state index contributed by atoms with van der Waals surface area (Å²) in [5, 5.41) is 66.8. The Morgan fingerprint density at radius 3 is 1.67 bits per heavy atom. The number of benzene rings is 1. The Hall–Kier alpha value is -7.13. The van der Waals surface area contributed by atoms with Crippen LogP contribution < -0.4 is 54.4 Å². The number of rotatable bonds is 31. The molecule has 27 heteroatoms. The van der Waals surface area contributed by atoms with E-state index < -0.39 is 139 Å². The zero-order valence-electron chi connectivity index (χ0n) is 43.5. The molecule has 0 bridgehead atoms. The van der Waals surface area contributed by atoms with Crippen LogP contribution in [-0.4, -0.2) is 176 Å². The first-order valence-corrected chi connectivity index (χ1v) is 24.8. The molecule has 10 unspecified atom stereocenters. The number of nitrogens with two attached hydrogens (primary N) is 3. The first-order chi connectivity index (χ1) is 35.1. The maximum absolute atomic E-state index is 14.0. The van der Waals surface area contributed by atoms with Crippen LogP contribution in [-0.2, 0) is 54.4 Å². The molecule has 420 valence electrons. The number of amides is 8. The van der Waals surface area contributed by atoms with Gasteiger partial charge in [0.25, 0.3) is 0 Å². The Morgan fingerprint density at radius 1 is 0.680 bits per heavy atom. The molecule has 0 aromatic heterocycles. The molecule has 75 heavy (non-hydrogen) atoms. The smallest absolute Gasteiger partial charge is 0.326 e. The van der Waals surface area contributed by atoms with E-state index >= 15 is 0 Å². The second-order valence-electron chi connectivity index (χ2n) is 19.8. The van der Waals surface area contributed by atoms with Gasteiger partial charge in [-0.05, 0) is 80.9 Å². The zero-order chi connectivity index (χ0) is 56.9. The largest absolute Gasteiger partial charge is 0.508 e. The fourth-order valence-electron chi connectivity index (χ4n) is 8.01. The monoisotopic (exact) mass is 1060 g/mol. The minimum absolute atomic E-state index is 0.0138. The summed E-state index contributed by atoms with van der Waals surface area (Å²) in [6.07, 6.45) is -2.31. The lowest BCUT2D eigenvalue weighted by atomic mass is 9.99. The van der Waals surface area contributed by atoms with Crippen LogP contribution in [0.2, 0.25) is 0 Å². The number of aromatic hydroxyl groups is 1. The third kappa shape index (κ3) is 21.7. The van der Waals surface area contributed by atoms with E-state index in [0.717, 1.165) is 0 Å². The highest BCUT2D eigenvalue weighted by atomic mass is 16.4. The minimum atomic E-state index is -1.87. The Morgan fingerprint density at radius 2 is 1.17 bits per heavy atom. The molecule has 2 rings (SSSR count). The fourth-order valence-corrected chi connectivity index (χ4v) is 8.01. The molecule has 0 radical (unpaired) electrons. The third-order valence-electron chi connectivity index (χ3n) is 11.9. The molecule has 1 aromatic rings. The van der Waals surface area contributed by atoms with Gasteiger partial charge in [-0.2, -0.15) is 0 Å². The van der Waals surface area contributed by atoms with Gasteiger partial charge in [0, 0.05) is 19.5 Å².